The second-order valence-corrected chi connectivity index (χ2v) is 12.9. The van der Waals surface area contributed by atoms with Crippen LogP contribution in [-0.2, 0) is 4.74 Å². The fraction of sp³-hybridized carbons (Fsp3) is 0.387. The van der Waals surface area contributed by atoms with E-state index in [0.29, 0.717) is 41.1 Å². The van der Waals surface area contributed by atoms with Crippen molar-refractivity contribution in [1.29, 1.82) is 0 Å². The van der Waals surface area contributed by atoms with Gasteiger partial charge in [0.15, 0.2) is 0 Å². The van der Waals surface area contributed by atoms with E-state index in [1.807, 2.05) is 68.7 Å². The van der Waals surface area contributed by atoms with E-state index in [1.54, 1.807) is 23.4 Å². The molecule has 42 heavy (non-hydrogen) atoms. The van der Waals surface area contributed by atoms with Crippen molar-refractivity contribution in [3.05, 3.63) is 70.3 Å². The molecule has 0 aliphatic carbocycles. The number of hydrogen-bond donors (Lipinski definition) is 1. The van der Waals surface area contributed by atoms with Crippen molar-refractivity contribution in [2.24, 2.45) is 11.7 Å². The second kappa shape index (κ2) is 12.2. The van der Waals surface area contributed by atoms with Gasteiger partial charge in [0.1, 0.15) is 39.4 Å². The van der Waals surface area contributed by atoms with E-state index in [1.165, 1.54) is 11.3 Å². The highest BCUT2D eigenvalue weighted by molar-refractivity contribution is 7.16. The van der Waals surface area contributed by atoms with Crippen LogP contribution < -0.4 is 15.2 Å². The van der Waals surface area contributed by atoms with E-state index >= 15 is 0 Å². The SMILES string of the molecule is C[C@@H](Oc1cc(-n2cnc3ccc(OC[C@@H]4CCCN(C(=O)OC(C)(C)C)C4)cc32)sc1C(N)=O)c1ccccc1Cl. The molecule has 2 N–H and O–H groups in total. The number of piperidine rings is 1. The zero-order chi connectivity index (χ0) is 30.0. The average molecular weight is 611 g/mol. The molecule has 2 atom stereocenters. The maximum absolute atomic E-state index is 12.5. The van der Waals surface area contributed by atoms with Crippen molar-refractivity contribution >= 4 is 46.0 Å². The van der Waals surface area contributed by atoms with E-state index in [0.717, 1.165) is 34.4 Å². The third-order valence-electron chi connectivity index (χ3n) is 6.97. The van der Waals surface area contributed by atoms with E-state index in [9.17, 15) is 9.59 Å². The number of thiophene rings is 1. The van der Waals surface area contributed by atoms with Gasteiger partial charge in [-0.2, -0.15) is 0 Å². The van der Waals surface area contributed by atoms with Gasteiger partial charge in [-0.25, -0.2) is 9.78 Å². The lowest BCUT2D eigenvalue weighted by Crippen LogP contribution is -2.44. The molecule has 222 valence electrons. The number of likely N-dealkylation sites (tertiary alicyclic amines) is 1. The zero-order valence-electron chi connectivity index (χ0n) is 24.1. The number of primary amides is 1. The molecule has 0 spiro atoms. The molecule has 1 saturated heterocycles. The van der Waals surface area contributed by atoms with Crippen LogP contribution >= 0.6 is 22.9 Å². The summed E-state index contributed by atoms with van der Waals surface area (Å²) in [7, 11) is 0. The molecular formula is C31H35ClN4O5S. The van der Waals surface area contributed by atoms with E-state index in [-0.39, 0.29) is 12.0 Å². The summed E-state index contributed by atoms with van der Waals surface area (Å²) in [6, 6.07) is 14.9. The van der Waals surface area contributed by atoms with Crippen LogP contribution in [0.4, 0.5) is 4.79 Å². The summed E-state index contributed by atoms with van der Waals surface area (Å²) >= 11 is 7.59. The first-order valence-electron chi connectivity index (χ1n) is 13.9. The second-order valence-electron chi connectivity index (χ2n) is 11.4. The van der Waals surface area contributed by atoms with Crippen LogP contribution in [0.3, 0.4) is 0 Å². The predicted octanol–water partition coefficient (Wildman–Crippen LogP) is 7.01. The minimum absolute atomic E-state index is 0.196. The Labute approximate surface area is 254 Å². The topological polar surface area (TPSA) is 109 Å². The van der Waals surface area contributed by atoms with Crippen LogP contribution in [0.5, 0.6) is 11.5 Å². The number of carbonyl (C=O) groups is 2. The molecule has 0 saturated carbocycles. The number of hydrogen-bond acceptors (Lipinski definition) is 7. The number of ether oxygens (including phenoxy) is 3. The molecule has 2 aromatic heterocycles. The van der Waals surface area contributed by atoms with Gasteiger partial charge in [-0.3, -0.25) is 9.36 Å². The lowest BCUT2D eigenvalue weighted by molar-refractivity contribution is 0.0139. The first-order valence-corrected chi connectivity index (χ1v) is 15.1. The minimum atomic E-state index is -0.575. The highest BCUT2D eigenvalue weighted by Crippen LogP contribution is 2.37. The summed E-state index contributed by atoms with van der Waals surface area (Å²) in [4.78, 5) is 31.5. The lowest BCUT2D eigenvalue weighted by atomic mass is 9.99. The van der Waals surface area contributed by atoms with E-state index in [4.69, 9.17) is 31.5 Å². The van der Waals surface area contributed by atoms with Crippen molar-refractivity contribution in [2.75, 3.05) is 19.7 Å². The molecule has 11 heteroatoms. The minimum Gasteiger partial charge on any atom is -0.493 e. The Morgan fingerprint density at radius 3 is 2.71 bits per heavy atom. The van der Waals surface area contributed by atoms with E-state index < -0.39 is 17.6 Å². The van der Waals surface area contributed by atoms with Gasteiger partial charge in [0, 0.05) is 41.7 Å². The van der Waals surface area contributed by atoms with Crippen molar-refractivity contribution in [2.45, 2.75) is 52.2 Å². The number of fused-ring (bicyclic) bond motifs is 1. The normalized spacial score (nSPS) is 16.3. The third kappa shape index (κ3) is 6.82. The summed E-state index contributed by atoms with van der Waals surface area (Å²) in [5.74, 6) is 0.696. The van der Waals surface area contributed by atoms with E-state index in [2.05, 4.69) is 4.98 Å². The molecule has 1 fully saturated rings. The predicted molar refractivity (Wildman–Crippen MR) is 164 cm³/mol. The maximum Gasteiger partial charge on any atom is 0.410 e. The molecule has 9 nitrogen and oxygen atoms in total. The Balaban J connectivity index is 1.32. The standard InChI is InChI=1S/C31H35ClN4O5S/c1-19(22-9-5-6-10-23(22)32)40-26-15-27(42-28(26)29(33)37)36-18-34-24-12-11-21(14-25(24)36)39-17-20-8-7-13-35(16-20)30(38)41-31(2,3)4/h5-6,9-12,14-15,18-20H,7-8,13,16-17H2,1-4H3,(H2,33,37)/t19-,20-/m1/s1. The largest absolute Gasteiger partial charge is 0.493 e. The molecule has 1 aliphatic rings. The Hall–Kier alpha value is -3.76. The number of amides is 2. The number of imidazole rings is 1. The summed E-state index contributed by atoms with van der Waals surface area (Å²) in [5.41, 5.74) is 7.59. The third-order valence-corrected chi connectivity index (χ3v) is 8.44. The lowest BCUT2D eigenvalue weighted by Gasteiger charge is -2.34. The molecule has 2 aromatic carbocycles. The van der Waals surface area contributed by atoms with Crippen molar-refractivity contribution in [3.8, 4) is 16.5 Å². The number of rotatable bonds is 8. The number of benzene rings is 2. The van der Waals surface area contributed by atoms with Gasteiger partial charge >= 0.3 is 6.09 Å². The average Bonchev–Trinajstić information content (AvgIpc) is 3.55. The van der Waals surface area contributed by atoms with Crippen LogP contribution in [-0.4, -0.2) is 51.7 Å². The fourth-order valence-electron chi connectivity index (χ4n) is 4.96. The maximum atomic E-state index is 12.5. The molecule has 4 aromatic rings. The van der Waals surface area contributed by atoms with Gasteiger partial charge < -0.3 is 24.8 Å². The van der Waals surface area contributed by atoms with Crippen LogP contribution in [0.2, 0.25) is 5.02 Å². The monoisotopic (exact) mass is 610 g/mol. The zero-order valence-corrected chi connectivity index (χ0v) is 25.7. The highest BCUT2D eigenvalue weighted by atomic mass is 35.5. The van der Waals surface area contributed by atoms with Crippen molar-refractivity contribution < 1.29 is 23.8 Å². The number of carbonyl (C=O) groups excluding carboxylic acids is 2. The molecule has 0 unspecified atom stereocenters. The number of nitrogens with zero attached hydrogens (tertiary/aromatic N) is 3. The van der Waals surface area contributed by atoms with Gasteiger partial charge in [-0.05, 0) is 58.7 Å². The van der Waals surface area contributed by atoms with Crippen LogP contribution in [0.1, 0.15) is 61.9 Å². The van der Waals surface area contributed by atoms with Crippen molar-refractivity contribution in [1.82, 2.24) is 14.5 Å². The van der Waals surface area contributed by atoms with Gasteiger partial charge in [0.25, 0.3) is 5.91 Å². The van der Waals surface area contributed by atoms with Gasteiger partial charge in [-0.15, -0.1) is 11.3 Å². The summed E-state index contributed by atoms with van der Waals surface area (Å²) in [6.45, 7) is 9.24. The molecule has 0 bridgehead atoms. The molecule has 3 heterocycles. The fourth-order valence-corrected chi connectivity index (χ4v) is 6.18. The molecular weight excluding hydrogens is 576 g/mol. The number of nitrogens with two attached hydrogens (primary N) is 1. The molecule has 2 amide bonds. The summed E-state index contributed by atoms with van der Waals surface area (Å²) in [5, 5.41) is 1.31. The van der Waals surface area contributed by atoms with Gasteiger partial charge in [0.2, 0.25) is 0 Å². The Morgan fingerprint density at radius 2 is 1.98 bits per heavy atom. The summed E-state index contributed by atoms with van der Waals surface area (Å²) in [6.07, 6.45) is 2.89. The van der Waals surface area contributed by atoms with Gasteiger partial charge in [-0.1, -0.05) is 29.8 Å². The van der Waals surface area contributed by atoms with Crippen LogP contribution in [0, 0.1) is 5.92 Å². The van der Waals surface area contributed by atoms with Gasteiger partial charge in [0.05, 0.1) is 17.6 Å². The first-order chi connectivity index (χ1) is 20.0. The van der Waals surface area contributed by atoms with Crippen LogP contribution in [0.25, 0.3) is 16.0 Å². The van der Waals surface area contributed by atoms with Crippen molar-refractivity contribution in [3.63, 3.8) is 0 Å². The summed E-state index contributed by atoms with van der Waals surface area (Å²) < 4.78 is 19.8. The first kappa shape index (κ1) is 29.7. The Kier molecular flexibility index (Phi) is 8.65. The molecule has 1 aliphatic heterocycles. The molecule has 0 radical (unpaired) electrons. The quantitative estimate of drug-likeness (QED) is 0.230. The van der Waals surface area contributed by atoms with Crippen LogP contribution in [0.15, 0.2) is 54.9 Å². The molecule has 5 rings (SSSR count). The highest BCUT2D eigenvalue weighted by Gasteiger charge is 2.28. The smallest absolute Gasteiger partial charge is 0.410 e. The number of aromatic nitrogens is 2. The Bertz CT molecular complexity index is 1590. The number of halogens is 1. The Morgan fingerprint density at radius 1 is 1.19 bits per heavy atom.